The molecule has 0 bridgehead atoms. The summed E-state index contributed by atoms with van der Waals surface area (Å²) < 4.78 is 10.1. The van der Waals surface area contributed by atoms with Crippen LogP contribution in [0.1, 0.15) is 70.1 Å². The van der Waals surface area contributed by atoms with E-state index in [0.29, 0.717) is 18.9 Å². The first kappa shape index (κ1) is 22.0. The molecule has 0 spiro atoms. The highest BCUT2D eigenvalue weighted by Gasteiger charge is 2.35. The van der Waals surface area contributed by atoms with Gasteiger partial charge >= 0.3 is 5.97 Å². The zero-order valence-corrected chi connectivity index (χ0v) is 17.4. The summed E-state index contributed by atoms with van der Waals surface area (Å²) in [5.74, 6) is -1.45. The highest BCUT2D eigenvalue weighted by Crippen LogP contribution is 2.25. The lowest BCUT2D eigenvalue weighted by Gasteiger charge is -2.29. The molecule has 1 aliphatic carbocycles. The van der Waals surface area contributed by atoms with Crippen LogP contribution in [0.3, 0.4) is 0 Å². The number of nitrogens with one attached hydrogen (secondary N) is 1. The summed E-state index contributed by atoms with van der Waals surface area (Å²) in [4.78, 5) is 50.6. The van der Waals surface area contributed by atoms with Crippen molar-refractivity contribution in [3.8, 4) is 0 Å². The van der Waals surface area contributed by atoms with Gasteiger partial charge in [-0.1, -0.05) is 19.8 Å². The number of hydrogen-bond donors (Lipinski definition) is 1. The predicted molar refractivity (Wildman–Crippen MR) is 108 cm³/mol. The standard InChI is InChI=1S/C22H28N2O6/c1-14-6-3-4-7-18(14)23-19(25)13-30-22(28)15-8-9-16-17(12-15)21(27)24(20(16)26)10-5-11-29-2/h8-9,12,14,18H,3-7,10-11,13H2,1-2H3,(H,23,25)/t14-,18+/m0/s1. The van der Waals surface area contributed by atoms with Crippen LogP contribution >= 0.6 is 0 Å². The van der Waals surface area contributed by atoms with Crippen molar-refractivity contribution in [1.29, 1.82) is 0 Å². The van der Waals surface area contributed by atoms with Crippen LogP contribution in [0.15, 0.2) is 18.2 Å². The maximum atomic E-state index is 12.5. The molecule has 3 rings (SSSR count). The van der Waals surface area contributed by atoms with E-state index in [0.717, 1.165) is 24.2 Å². The van der Waals surface area contributed by atoms with Gasteiger partial charge in [-0.15, -0.1) is 0 Å². The zero-order chi connectivity index (χ0) is 21.7. The van der Waals surface area contributed by atoms with E-state index >= 15 is 0 Å². The van der Waals surface area contributed by atoms with Gasteiger partial charge in [0, 0.05) is 26.3 Å². The SMILES string of the molecule is COCCCN1C(=O)c2ccc(C(=O)OCC(=O)N[C@@H]3CCCC[C@@H]3C)cc2C1=O. The summed E-state index contributed by atoms with van der Waals surface area (Å²) in [6.45, 7) is 2.42. The van der Waals surface area contributed by atoms with Crippen LogP contribution in [0, 0.1) is 5.92 Å². The fourth-order valence-corrected chi connectivity index (χ4v) is 3.98. The van der Waals surface area contributed by atoms with Gasteiger partial charge in [0.2, 0.25) is 0 Å². The van der Waals surface area contributed by atoms with Gasteiger partial charge in [-0.05, 0) is 43.4 Å². The molecule has 2 aliphatic rings. The summed E-state index contributed by atoms with van der Waals surface area (Å²) in [6, 6.07) is 4.35. The molecule has 1 saturated carbocycles. The van der Waals surface area contributed by atoms with Crippen molar-refractivity contribution in [2.45, 2.75) is 45.1 Å². The molecule has 3 amide bonds. The van der Waals surface area contributed by atoms with Crippen LogP contribution < -0.4 is 5.32 Å². The maximum Gasteiger partial charge on any atom is 0.338 e. The van der Waals surface area contributed by atoms with Crippen molar-refractivity contribution in [1.82, 2.24) is 10.2 Å². The van der Waals surface area contributed by atoms with Crippen LogP contribution in [-0.2, 0) is 14.3 Å². The largest absolute Gasteiger partial charge is 0.452 e. The first-order valence-electron chi connectivity index (χ1n) is 10.4. The molecule has 1 aliphatic heterocycles. The third-order valence-electron chi connectivity index (χ3n) is 5.73. The number of ether oxygens (including phenoxy) is 2. The molecule has 2 atom stereocenters. The number of hydrogen-bond acceptors (Lipinski definition) is 6. The van der Waals surface area contributed by atoms with Crippen molar-refractivity contribution >= 4 is 23.7 Å². The summed E-state index contributed by atoms with van der Waals surface area (Å²) in [7, 11) is 1.55. The average molecular weight is 416 g/mol. The molecule has 1 fully saturated rings. The lowest BCUT2D eigenvalue weighted by atomic mass is 9.86. The number of amides is 3. The minimum Gasteiger partial charge on any atom is -0.452 e. The number of rotatable bonds is 8. The summed E-state index contributed by atoms with van der Waals surface area (Å²) in [5.41, 5.74) is 0.567. The molecule has 8 nitrogen and oxygen atoms in total. The highest BCUT2D eigenvalue weighted by molar-refractivity contribution is 6.21. The van der Waals surface area contributed by atoms with Crippen LogP contribution in [0.4, 0.5) is 0 Å². The Labute approximate surface area is 175 Å². The van der Waals surface area contributed by atoms with Crippen LogP contribution in [0.5, 0.6) is 0 Å². The molecular weight excluding hydrogens is 388 g/mol. The molecule has 162 valence electrons. The predicted octanol–water partition coefficient (Wildman–Crippen LogP) is 2.17. The molecule has 0 saturated heterocycles. The number of nitrogens with zero attached hydrogens (tertiary/aromatic N) is 1. The number of esters is 1. The second kappa shape index (κ2) is 9.84. The lowest BCUT2D eigenvalue weighted by Crippen LogP contribution is -2.42. The second-order valence-corrected chi connectivity index (χ2v) is 7.88. The van der Waals surface area contributed by atoms with Crippen LogP contribution in [0.2, 0.25) is 0 Å². The van der Waals surface area contributed by atoms with E-state index in [-0.39, 0.29) is 47.7 Å². The highest BCUT2D eigenvalue weighted by atomic mass is 16.5. The Kier molecular flexibility index (Phi) is 7.20. The van der Waals surface area contributed by atoms with E-state index in [2.05, 4.69) is 12.2 Å². The van der Waals surface area contributed by atoms with E-state index in [9.17, 15) is 19.2 Å². The van der Waals surface area contributed by atoms with Gasteiger partial charge in [-0.3, -0.25) is 19.3 Å². The van der Waals surface area contributed by atoms with E-state index in [4.69, 9.17) is 9.47 Å². The second-order valence-electron chi connectivity index (χ2n) is 7.88. The molecule has 1 aromatic rings. The first-order valence-corrected chi connectivity index (χ1v) is 10.4. The fraction of sp³-hybridized carbons (Fsp3) is 0.545. The van der Waals surface area contributed by atoms with Crippen molar-refractivity contribution in [3.63, 3.8) is 0 Å². The molecule has 30 heavy (non-hydrogen) atoms. The van der Waals surface area contributed by atoms with Gasteiger partial charge in [-0.25, -0.2) is 4.79 Å². The molecule has 1 aromatic carbocycles. The van der Waals surface area contributed by atoms with Gasteiger partial charge in [0.15, 0.2) is 6.61 Å². The van der Waals surface area contributed by atoms with Gasteiger partial charge in [-0.2, -0.15) is 0 Å². The fourth-order valence-electron chi connectivity index (χ4n) is 3.98. The van der Waals surface area contributed by atoms with E-state index in [1.165, 1.54) is 24.6 Å². The lowest BCUT2D eigenvalue weighted by molar-refractivity contribution is -0.125. The number of carbonyl (C=O) groups is 4. The number of fused-ring (bicyclic) bond motifs is 1. The molecule has 0 unspecified atom stereocenters. The quantitative estimate of drug-likeness (QED) is 0.396. The Morgan fingerprint density at radius 1 is 1.13 bits per heavy atom. The van der Waals surface area contributed by atoms with E-state index in [1.807, 2.05) is 0 Å². The number of carbonyl (C=O) groups excluding carboxylic acids is 4. The third kappa shape index (κ3) is 4.87. The minimum atomic E-state index is -0.706. The summed E-state index contributed by atoms with van der Waals surface area (Å²) >= 11 is 0. The van der Waals surface area contributed by atoms with Crippen molar-refractivity contribution in [3.05, 3.63) is 34.9 Å². The number of methoxy groups -OCH3 is 1. The number of benzene rings is 1. The smallest absolute Gasteiger partial charge is 0.338 e. The average Bonchev–Trinajstić information content (AvgIpc) is 2.98. The maximum absolute atomic E-state index is 12.5. The van der Waals surface area contributed by atoms with Crippen LogP contribution in [0.25, 0.3) is 0 Å². The topological polar surface area (TPSA) is 102 Å². The molecule has 1 heterocycles. The molecule has 0 radical (unpaired) electrons. The van der Waals surface area contributed by atoms with Gasteiger partial charge in [0.1, 0.15) is 0 Å². The summed E-state index contributed by atoms with van der Waals surface area (Å²) in [6.07, 6.45) is 4.80. The van der Waals surface area contributed by atoms with Crippen LogP contribution in [-0.4, -0.2) is 61.5 Å². The monoisotopic (exact) mass is 416 g/mol. The molecule has 0 aromatic heterocycles. The third-order valence-corrected chi connectivity index (χ3v) is 5.73. The Balaban J connectivity index is 1.57. The summed E-state index contributed by atoms with van der Waals surface area (Å²) in [5, 5.41) is 2.93. The normalized spacial score (nSPS) is 20.8. The minimum absolute atomic E-state index is 0.109. The Hall–Kier alpha value is -2.74. The Bertz CT molecular complexity index is 837. The zero-order valence-electron chi connectivity index (χ0n) is 17.4. The van der Waals surface area contributed by atoms with Gasteiger partial charge in [0.05, 0.1) is 16.7 Å². The van der Waals surface area contributed by atoms with Gasteiger partial charge in [0.25, 0.3) is 17.7 Å². The van der Waals surface area contributed by atoms with E-state index in [1.54, 1.807) is 7.11 Å². The Morgan fingerprint density at radius 3 is 2.60 bits per heavy atom. The number of imide groups is 1. The van der Waals surface area contributed by atoms with E-state index < -0.39 is 11.9 Å². The molecule has 1 N–H and O–H groups in total. The van der Waals surface area contributed by atoms with Crippen molar-refractivity contribution < 1.29 is 28.7 Å². The molecule has 8 heteroatoms. The van der Waals surface area contributed by atoms with Crippen molar-refractivity contribution in [2.24, 2.45) is 5.92 Å². The molecular formula is C22H28N2O6. The van der Waals surface area contributed by atoms with Gasteiger partial charge < -0.3 is 14.8 Å². The van der Waals surface area contributed by atoms with Crippen molar-refractivity contribution in [2.75, 3.05) is 26.9 Å². The first-order chi connectivity index (χ1) is 14.4. The Morgan fingerprint density at radius 2 is 1.87 bits per heavy atom.